The number of hydrogen-bond acceptors (Lipinski definition) is 5. The molecule has 1 unspecified atom stereocenters. The molecule has 0 saturated carbocycles. The first-order chi connectivity index (χ1) is 17.4. The van der Waals surface area contributed by atoms with Gasteiger partial charge in [-0.3, -0.25) is 4.79 Å². The second-order valence-corrected chi connectivity index (χ2v) is 8.89. The van der Waals surface area contributed by atoms with Crippen molar-refractivity contribution in [2.45, 2.75) is 19.6 Å². The van der Waals surface area contributed by atoms with Gasteiger partial charge in [0.1, 0.15) is 18.0 Å². The number of urea groups is 1. The van der Waals surface area contributed by atoms with Gasteiger partial charge in [0.15, 0.2) is 12.3 Å². The number of rotatable bonds is 6. The van der Waals surface area contributed by atoms with Gasteiger partial charge in [0.2, 0.25) is 0 Å². The van der Waals surface area contributed by atoms with Crippen LogP contribution in [-0.2, 0) is 16.1 Å². The highest BCUT2D eigenvalue weighted by atomic mass is 35.5. The molecule has 1 atom stereocenters. The van der Waals surface area contributed by atoms with Gasteiger partial charge in [-0.05, 0) is 54.4 Å². The highest BCUT2D eigenvalue weighted by Gasteiger charge is 2.54. The number of benzene rings is 3. The Kier molecular flexibility index (Phi) is 6.20. The van der Waals surface area contributed by atoms with Gasteiger partial charge < -0.3 is 14.8 Å². The summed E-state index contributed by atoms with van der Waals surface area (Å²) in [5.41, 5.74) is 2.97. The summed E-state index contributed by atoms with van der Waals surface area (Å²) < 4.78 is 12.5. The van der Waals surface area contributed by atoms with Gasteiger partial charge in [-0.2, -0.15) is 14.3 Å². The van der Waals surface area contributed by atoms with Crippen LogP contribution in [0.4, 0.5) is 10.5 Å². The minimum atomic E-state index is -1.03. The number of nitrogens with one attached hydrogen (secondary N) is 1. The van der Waals surface area contributed by atoms with Crippen LogP contribution in [-0.4, -0.2) is 52.8 Å². The third kappa shape index (κ3) is 4.20. The summed E-state index contributed by atoms with van der Waals surface area (Å²) in [5, 5.41) is 3.34. The third-order valence-corrected chi connectivity index (χ3v) is 6.65. The maximum absolute atomic E-state index is 13.7. The van der Waals surface area contributed by atoms with Crippen LogP contribution >= 0.6 is 11.6 Å². The second kappa shape index (κ2) is 9.47. The molecule has 0 aromatic heterocycles. The number of imide groups is 1. The van der Waals surface area contributed by atoms with Gasteiger partial charge in [-0.25, -0.2) is 4.79 Å². The van der Waals surface area contributed by atoms with Crippen LogP contribution in [0.25, 0.3) is 0 Å². The average molecular weight is 505 g/mol. The van der Waals surface area contributed by atoms with Crippen LogP contribution in [0.15, 0.2) is 66.7 Å². The number of hydrogen-bond donors (Lipinski definition) is 1. The lowest BCUT2D eigenvalue weighted by Gasteiger charge is -2.24. The molecule has 8 nitrogen and oxygen atoms in total. The number of carbonyl (C=O) groups excluding carboxylic acids is 3. The van der Waals surface area contributed by atoms with Crippen molar-refractivity contribution in [3.63, 3.8) is 0 Å². The molecular formula is C27H23ClN3O5+. The number of halogens is 1. The van der Waals surface area contributed by atoms with Crippen LogP contribution in [0.3, 0.4) is 0 Å². The SMILES string of the molecule is COc1ccc(CN2C(=O)C3Oc4ccccc4C3=[N+](CC(=O)Nc3cccc(Cl)c3C)C2=O)cc1. The zero-order chi connectivity index (χ0) is 25.4. The van der Waals surface area contributed by atoms with E-state index in [9.17, 15) is 14.4 Å². The van der Waals surface area contributed by atoms with E-state index in [1.165, 1.54) is 4.58 Å². The number of anilines is 1. The van der Waals surface area contributed by atoms with Crippen molar-refractivity contribution < 1.29 is 28.4 Å². The second-order valence-electron chi connectivity index (χ2n) is 8.48. The van der Waals surface area contributed by atoms with Crippen LogP contribution in [0, 0.1) is 6.92 Å². The molecule has 4 amide bonds. The van der Waals surface area contributed by atoms with Crippen LogP contribution in [0.5, 0.6) is 11.5 Å². The van der Waals surface area contributed by atoms with Gasteiger partial charge in [0.05, 0.1) is 12.7 Å². The van der Waals surface area contributed by atoms with Crippen molar-refractivity contribution in [2.24, 2.45) is 0 Å². The zero-order valence-corrected chi connectivity index (χ0v) is 20.4. The Morgan fingerprint density at radius 2 is 1.83 bits per heavy atom. The lowest BCUT2D eigenvalue weighted by atomic mass is 10.0. The molecule has 0 fully saturated rings. The molecular weight excluding hydrogens is 482 g/mol. The van der Waals surface area contributed by atoms with E-state index in [-0.39, 0.29) is 13.1 Å². The van der Waals surface area contributed by atoms with Gasteiger partial charge in [-0.15, -0.1) is 0 Å². The van der Waals surface area contributed by atoms with Crippen molar-refractivity contribution in [2.75, 3.05) is 19.0 Å². The molecule has 0 spiro atoms. The van der Waals surface area contributed by atoms with E-state index in [1.54, 1.807) is 80.8 Å². The fraction of sp³-hybridized carbons (Fsp3) is 0.185. The van der Waals surface area contributed by atoms with Crippen molar-refractivity contribution >= 4 is 40.8 Å². The molecule has 9 heteroatoms. The number of nitrogens with zero attached hydrogens (tertiary/aromatic N) is 2. The first-order valence-electron chi connectivity index (χ1n) is 11.3. The Balaban J connectivity index is 1.49. The van der Waals surface area contributed by atoms with E-state index >= 15 is 0 Å². The summed E-state index contributed by atoms with van der Waals surface area (Å²) in [6.45, 7) is 1.52. The number of amides is 4. The molecule has 0 bridgehead atoms. The van der Waals surface area contributed by atoms with Gasteiger partial charge in [0, 0.05) is 10.7 Å². The smallest absolute Gasteiger partial charge is 0.497 e. The van der Waals surface area contributed by atoms with Crippen molar-refractivity contribution in [3.8, 4) is 11.5 Å². The van der Waals surface area contributed by atoms with Crippen LogP contribution < -0.4 is 14.8 Å². The highest BCUT2D eigenvalue weighted by molar-refractivity contribution is 6.31. The fourth-order valence-electron chi connectivity index (χ4n) is 4.33. The predicted molar refractivity (Wildman–Crippen MR) is 134 cm³/mol. The minimum Gasteiger partial charge on any atom is -0.497 e. The number of carbonyl (C=O) groups is 3. The fourth-order valence-corrected chi connectivity index (χ4v) is 4.51. The van der Waals surface area contributed by atoms with Crippen molar-refractivity contribution in [1.82, 2.24) is 4.90 Å². The Morgan fingerprint density at radius 3 is 2.58 bits per heavy atom. The van der Waals surface area contributed by atoms with Crippen molar-refractivity contribution in [1.29, 1.82) is 0 Å². The molecule has 0 radical (unpaired) electrons. The molecule has 5 rings (SSSR count). The number of methoxy groups -OCH3 is 1. The highest BCUT2D eigenvalue weighted by Crippen LogP contribution is 2.32. The molecule has 0 saturated heterocycles. The van der Waals surface area contributed by atoms with E-state index in [0.717, 1.165) is 10.5 Å². The van der Waals surface area contributed by atoms with E-state index < -0.39 is 23.9 Å². The van der Waals surface area contributed by atoms with E-state index in [0.29, 0.717) is 39.0 Å². The summed E-state index contributed by atoms with van der Waals surface area (Å²) >= 11 is 6.18. The lowest BCUT2D eigenvalue weighted by molar-refractivity contribution is -0.428. The van der Waals surface area contributed by atoms with E-state index in [1.807, 2.05) is 0 Å². The summed E-state index contributed by atoms with van der Waals surface area (Å²) in [4.78, 5) is 41.3. The van der Waals surface area contributed by atoms with Crippen LogP contribution in [0.1, 0.15) is 16.7 Å². The Labute approximate surface area is 212 Å². The molecule has 2 heterocycles. The normalized spacial score (nSPS) is 16.4. The first-order valence-corrected chi connectivity index (χ1v) is 11.7. The molecule has 3 aromatic carbocycles. The third-order valence-electron chi connectivity index (χ3n) is 6.24. The zero-order valence-electron chi connectivity index (χ0n) is 19.7. The predicted octanol–water partition coefficient (Wildman–Crippen LogP) is 4.02. The number of ether oxygens (including phenoxy) is 2. The monoisotopic (exact) mass is 504 g/mol. The standard InChI is InChI=1S/C27H22ClN3O5/c1-16-20(28)7-5-8-21(16)29-23(32)15-30-24-19-6-3-4-9-22(19)36-25(24)26(33)31(27(30)34)14-17-10-12-18(35-2)13-11-17/h3-13,25H,14-15H2,1-2H3/p+1. The minimum absolute atomic E-state index is 0.0245. The molecule has 2 aliphatic heterocycles. The lowest BCUT2D eigenvalue weighted by Crippen LogP contribution is -2.58. The quantitative estimate of drug-likeness (QED) is 0.512. The van der Waals surface area contributed by atoms with Crippen molar-refractivity contribution in [3.05, 3.63) is 88.4 Å². The Hall–Kier alpha value is -4.17. The van der Waals surface area contributed by atoms with E-state index in [4.69, 9.17) is 21.1 Å². The average Bonchev–Trinajstić information content (AvgIpc) is 3.27. The number of para-hydroxylation sites is 1. The summed E-state index contributed by atoms with van der Waals surface area (Å²) in [6.07, 6.45) is -1.03. The maximum Gasteiger partial charge on any atom is 0.501 e. The van der Waals surface area contributed by atoms with Gasteiger partial charge in [-0.1, -0.05) is 41.9 Å². The molecule has 182 valence electrons. The number of fused-ring (bicyclic) bond motifs is 3. The summed E-state index contributed by atoms with van der Waals surface area (Å²) in [6, 6.07) is 18.8. The van der Waals surface area contributed by atoms with Gasteiger partial charge in [0.25, 0.3) is 12.0 Å². The topological polar surface area (TPSA) is 87.9 Å². The first kappa shape index (κ1) is 23.6. The Morgan fingerprint density at radius 1 is 1.08 bits per heavy atom. The largest absolute Gasteiger partial charge is 0.501 e. The molecule has 36 heavy (non-hydrogen) atoms. The Bertz CT molecular complexity index is 1420. The van der Waals surface area contributed by atoms with Gasteiger partial charge >= 0.3 is 11.9 Å². The van der Waals surface area contributed by atoms with Crippen LogP contribution in [0.2, 0.25) is 5.02 Å². The molecule has 3 aromatic rings. The summed E-state index contributed by atoms with van der Waals surface area (Å²) in [7, 11) is 1.56. The summed E-state index contributed by atoms with van der Waals surface area (Å²) in [5.74, 6) is 0.239. The molecule has 2 aliphatic rings. The molecule has 0 aliphatic carbocycles. The maximum atomic E-state index is 13.7. The van der Waals surface area contributed by atoms with E-state index in [2.05, 4.69) is 5.32 Å². The molecule has 1 N–H and O–H groups in total.